The Morgan fingerprint density at radius 3 is 2.76 bits per heavy atom. The number of benzene rings is 1. The molecule has 2 heterocycles. The van der Waals surface area contributed by atoms with E-state index in [1.807, 2.05) is 30.5 Å². The summed E-state index contributed by atoms with van der Waals surface area (Å²) < 4.78 is 5.74. The lowest BCUT2D eigenvalue weighted by Gasteiger charge is -2.22. The van der Waals surface area contributed by atoms with Crippen LogP contribution in [0, 0.1) is 0 Å². The molecule has 1 aliphatic heterocycles. The van der Waals surface area contributed by atoms with Crippen LogP contribution in [0.25, 0.3) is 0 Å². The Hall–Kier alpha value is -1.87. The zero-order valence-electron chi connectivity index (χ0n) is 12.5. The molecule has 0 aliphatic carbocycles. The van der Waals surface area contributed by atoms with E-state index in [0.29, 0.717) is 18.5 Å². The SMILES string of the molecule is CCN1CCCC1c1ccc(OCc2ccccc2)nc1. The highest BCUT2D eigenvalue weighted by Crippen LogP contribution is 2.31. The highest BCUT2D eigenvalue weighted by atomic mass is 16.5. The van der Waals surface area contributed by atoms with Crippen molar-refractivity contribution in [3.63, 3.8) is 0 Å². The van der Waals surface area contributed by atoms with Crippen molar-refractivity contribution in [1.29, 1.82) is 0 Å². The molecule has 1 saturated heterocycles. The van der Waals surface area contributed by atoms with Gasteiger partial charge >= 0.3 is 0 Å². The fourth-order valence-electron chi connectivity index (χ4n) is 2.99. The van der Waals surface area contributed by atoms with Crippen LogP contribution in [0.4, 0.5) is 0 Å². The third-order valence-corrected chi connectivity index (χ3v) is 4.14. The molecule has 0 radical (unpaired) electrons. The maximum absolute atomic E-state index is 5.74. The molecular weight excluding hydrogens is 260 g/mol. The second-order valence-corrected chi connectivity index (χ2v) is 5.49. The standard InChI is InChI=1S/C18H22N2O/c1-2-20-12-6-9-17(20)16-10-11-18(19-13-16)21-14-15-7-4-3-5-8-15/h3-5,7-8,10-11,13,17H,2,6,9,12,14H2,1H3. The predicted octanol–water partition coefficient (Wildman–Crippen LogP) is 3.82. The molecule has 0 amide bonds. The fourth-order valence-corrected chi connectivity index (χ4v) is 2.99. The van der Waals surface area contributed by atoms with Gasteiger partial charge in [-0.1, -0.05) is 43.3 Å². The molecule has 3 rings (SSSR count). The van der Waals surface area contributed by atoms with Gasteiger partial charge in [0.25, 0.3) is 0 Å². The Labute approximate surface area is 126 Å². The molecule has 21 heavy (non-hydrogen) atoms. The van der Waals surface area contributed by atoms with Gasteiger partial charge in [-0.25, -0.2) is 4.98 Å². The highest BCUT2D eigenvalue weighted by molar-refractivity contribution is 5.22. The Kier molecular flexibility index (Phi) is 4.51. The summed E-state index contributed by atoms with van der Waals surface area (Å²) in [6.45, 7) is 5.10. The number of ether oxygens (including phenoxy) is 1. The van der Waals surface area contributed by atoms with E-state index in [0.717, 1.165) is 12.1 Å². The Morgan fingerprint density at radius 1 is 1.19 bits per heavy atom. The molecule has 0 saturated carbocycles. The number of likely N-dealkylation sites (tertiary alicyclic amines) is 1. The molecule has 1 aromatic carbocycles. The Morgan fingerprint density at radius 2 is 2.05 bits per heavy atom. The van der Waals surface area contributed by atoms with Crippen LogP contribution in [0.5, 0.6) is 5.88 Å². The van der Waals surface area contributed by atoms with E-state index in [1.165, 1.54) is 24.9 Å². The first kappa shape index (κ1) is 14.1. The number of pyridine rings is 1. The van der Waals surface area contributed by atoms with Crippen LogP contribution in [-0.4, -0.2) is 23.0 Å². The summed E-state index contributed by atoms with van der Waals surface area (Å²) in [6, 6.07) is 14.9. The molecule has 0 N–H and O–H groups in total. The lowest BCUT2D eigenvalue weighted by molar-refractivity contribution is 0.269. The van der Waals surface area contributed by atoms with Gasteiger partial charge in [0.2, 0.25) is 5.88 Å². The first-order valence-corrected chi connectivity index (χ1v) is 7.73. The van der Waals surface area contributed by atoms with Gasteiger partial charge in [-0.2, -0.15) is 0 Å². The molecule has 1 atom stereocenters. The summed E-state index contributed by atoms with van der Waals surface area (Å²) in [6.07, 6.45) is 4.49. The molecule has 0 bridgehead atoms. The van der Waals surface area contributed by atoms with E-state index in [2.05, 4.69) is 35.0 Å². The summed E-state index contributed by atoms with van der Waals surface area (Å²) in [5.41, 5.74) is 2.47. The smallest absolute Gasteiger partial charge is 0.213 e. The van der Waals surface area contributed by atoms with Gasteiger partial charge in [0.15, 0.2) is 0 Å². The molecule has 3 heteroatoms. The minimum Gasteiger partial charge on any atom is -0.473 e. The number of hydrogen-bond donors (Lipinski definition) is 0. The van der Waals surface area contributed by atoms with Crippen LogP contribution in [0.2, 0.25) is 0 Å². The van der Waals surface area contributed by atoms with Crippen LogP contribution in [0.1, 0.15) is 36.9 Å². The molecule has 2 aromatic rings. The van der Waals surface area contributed by atoms with E-state index in [1.54, 1.807) is 0 Å². The van der Waals surface area contributed by atoms with Crippen molar-refractivity contribution in [2.24, 2.45) is 0 Å². The largest absolute Gasteiger partial charge is 0.473 e. The van der Waals surface area contributed by atoms with Gasteiger partial charge in [0.1, 0.15) is 6.61 Å². The van der Waals surface area contributed by atoms with Crippen molar-refractivity contribution in [2.75, 3.05) is 13.1 Å². The van der Waals surface area contributed by atoms with E-state index >= 15 is 0 Å². The van der Waals surface area contributed by atoms with E-state index in [-0.39, 0.29) is 0 Å². The van der Waals surface area contributed by atoms with Crippen LogP contribution < -0.4 is 4.74 Å². The zero-order chi connectivity index (χ0) is 14.5. The molecule has 3 nitrogen and oxygen atoms in total. The highest BCUT2D eigenvalue weighted by Gasteiger charge is 2.24. The first-order chi connectivity index (χ1) is 10.4. The molecular formula is C18H22N2O. The molecule has 1 aliphatic rings. The van der Waals surface area contributed by atoms with Gasteiger partial charge in [-0.3, -0.25) is 4.90 Å². The Balaban J connectivity index is 1.61. The fraction of sp³-hybridized carbons (Fsp3) is 0.389. The Bertz CT molecular complexity index is 553. The van der Waals surface area contributed by atoms with Crippen LogP contribution in [-0.2, 0) is 6.61 Å². The molecule has 110 valence electrons. The van der Waals surface area contributed by atoms with Gasteiger partial charge in [-0.05, 0) is 37.1 Å². The lowest BCUT2D eigenvalue weighted by atomic mass is 10.1. The lowest BCUT2D eigenvalue weighted by Crippen LogP contribution is -2.22. The molecule has 1 fully saturated rings. The summed E-state index contributed by atoms with van der Waals surface area (Å²) in [5.74, 6) is 0.698. The van der Waals surface area contributed by atoms with Crippen molar-refractivity contribution in [1.82, 2.24) is 9.88 Å². The second-order valence-electron chi connectivity index (χ2n) is 5.49. The number of hydrogen-bond acceptors (Lipinski definition) is 3. The summed E-state index contributed by atoms with van der Waals surface area (Å²) in [4.78, 5) is 6.97. The van der Waals surface area contributed by atoms with Crippen LogP contribution in [0.15, 0.2) is 48.7 Å². The summed E-state index contributed by atoms with van der Waals surface area (Å²) in [5, 5.41) is 0. The van der Waals surface area contributed by atoms with Gasteiger partial charge in [0.05, 0.1) is 0 Å². The zero-order valence-corrected chi connectivity index (χ0v) is 12.5. The average molecular weight is 282 g/mol. The second kappa shape index (κ2) is 6.72. The monoisotopic (exact) mass is 282 g/mol. The normalized spacial score (nSPS) is 18.8. The van der Waals surface area contributed by atoms with E-state index in [4.69, 9.17) is 4.74 Å². The van der Waals surface area contributed by atoms with Crippen molar-refractivity contribution >= 4 is 0 Å². The molecule has 0 spiro atoms. The topological polar surface area (TPSA) is 25.4 Å². The van der Waals surface area contributed by atoms with E-state index in [9.17, 15) is 0 Å². The van der Waals surface area contributed by atoms with Crippen LogP contribution in [0.3, 0.4) is 0 Å². The summed E-state index contributed by atoms with van der Waals surface area (Å²) in [7, 11) is 0. The predicted molar refractivity (Wildman–Crippen MR) is 84.2 cm³/mol. The maximum Gasteiger partial charge on any atom is 0.213 e. The first-order valence-electron chi connectivity index (χ1n) is 7.73. The summed E-state index contributed by atoms with van der Waals surface area (Å²) >= 11 is 0. The minimum atomic E-state index is 0.533. The van der Waals surface area contributed by atoms with Gasteiger partial charge in [-0.15, -0.1) is 0 Å². The molecule has 1 unspecified atom stereocenters. The number of nitrogens with zero attached hydrogens (tertiary/aromatic N) is 2. The van der Waals surface area contributed by atoms with Gasteiger partial charge in [0, 0.05) is 18.3 Å². The van der Waals surface area contributed by atoms with Crippen molar-refractivity contribution in [2.45, 2.75) is 32.4 Å². The molecule has 1 aromatic heterocycles. The number of aromatic nitrogens is 1. The minimum absolute atomic E-state index is 0.533. The van der Waals surface area contributed by atoms with Crippen LogP contribution >= 0.6 is 0 Å². The average Bonchev–Trinajstić information content (AvgIpc) is 3.03. The van der Waals surface area contributed by atoms with Crippen molar-refractivity contribution in [3.05, 3.63) is 59.8 Å². The van der Waals surface area contributed by atoms with Crippen molar-refractivity contribution < 1.29 is 4.74 Å². The third-order valence-electron chi connectivity index (χ3n) is 4.14. The van der Waals surface area contributed by atoms with Crippen molar-refractivity contribution in [3.8, 4) is 5.88 Å². The van der Waals surface area contributed by atoms with Gasteiger partial charge < -0.3 is 4.74 Å². The third kappa shape index (κ3) is 3.42. The number of rotatable bonds is 5. The quantitative estimate of drug-likeness (QED) is 0.833. The maximum atomic E-state index is 5.74. The van der Waals surface area contributed by atoms with E-state index < -0.39 is 0 Å².